The number of aryl methyl sites for hydroxylation is 2. The molecule has 0 saturated heterocycles. The van der Waals surface area contributed by atoms with E-state index < -0.39 is 0 Å². The standard InChI is InChI=1S/C16H14BrClN4OS/c1-9-5-10(2)22(21-9)14-4-3-13(18)15(20-14)16(23)19-7-12-6-11(17)8-24-12/h3-6,8H,7H2,1-2H3,(H,19,23). The van der Waals surface area contributed by atoms with E-state index in [-0.39, 0.29) is 11.6 Å². The van der Waals surface area contributed by atoms with Crippen LogP contribution in [0.3, 0.4) is 0 Å². The van der Waals surface area contributed by atoms with Gasteiger partial charge in [0, 0.05) is 20.4 Å². The maximum absolute atomic E-state index is 12.4. The molecule has 0 aliphatic rings. The van der Waals surface area contributed by atoms with Crippen LogP contribution in [-0.4, -0.2) is 20.7 Å². The first-order chi connectivity index (χ1) is 11.4. The number of carbonyl (C=O) groups excluding carboxylic acids is 1. The Hall–Kier alpha value is -1.70. The van der Waals surface area contributed by atoms with Crippen LogP contribution in [0.2, 0.25) is 5.02 Å². The molecule has 0 aromatic carbocycles. The second-order valence-corrected chi connectivity index (χ2v) is 7.57. The third-order valence-corrected chi connectivity index (χ3v) is 5.32. The predicted octanol–water partition coefficient (Wildman–Crippen LogP) is 4.29. The molecule has 124 valence electrons. The second kappa shape index (κ2) is 7.04. The maximum Gasteiger partial charge on any atom is 0.271 e. The molecule has 3 aromatic rings. The number of rotatable bonds is 4. The Balaban J connectivity index is 1.83. The van der Waals surface area contributed by atoms with Crippen LogP contribution in [0.25, 0.3) is 5.82 Å². The average molecular weight is 426 g/mol. The topological polar surface area (TPSA) is 59.8 Å². The van der Waals surface area contributed by atoms with Crippen molar-refractivity contribution in [3.05, 3.63) is 61.1 Å². The summed E-state index contributed by atoms with van der Waals surface area (Å²) < 4.78 is 2.69. The fraction of sp³-hybridized carbons (Fsp3) is 0.188. The van der Waals surface area contributed by atoms with Crippen molar-refractivity contribution in [2.75, 3.05) is 0 Å². The Bertz CT molecular complexity index is 905. The molecule has 0 saturated carbocycles. The van der Waals surface area contributed by atoms with Crippen molar-refractivity contribution >= 4 is 44.8 Å². The van der Waals surface area contributed by atoms with Gasteiger partial charge in [-0.05, 0) is 54.0 Å². The van der Waals surface area contributed by atoms with Crippen molar-refractivity contribution in [2.24, 2.45) is 0 Å². The van der Waals surface area contributed by atoms with E-state index in [0.717, 1.165) is 20.7 Å². The number of halogens is 2. The summed E-state index contributed by atoms with van der Waals surface area (Å²) in [5.41, 5.74) is 2.02. The zero-order valence-corrected chi connectivity index (χ0v) is 16.2. The van der Waals surface area contributed by atoms with Gasteiger partial charge in [0.15, 0.2) is 5.82 Å². The van der Waals surface area contributed by atoms with Gasteiger partial charge >= 0.3 is 0 Å². The Morgan fingerprint density at radius 3 is 2.79 bits per heavy atom. The zero-order valence-electron chi connectivity index (χ0n) is 13.0. The van der Waals surface area contributed by atoms with Crippen molar-refractivity contribution in [3.63, 3.8) is 0 Å². The largest absolute Gasteiger partial charge is 0.346 e. The summed E-state index contributed by atoms with van der Waals surface area (Å²) in [5, 5.41) is 9.50. The van der Waals surface area contributed by atoms with Crippen molar-refractivity contribution < 1.29 is 4.79 Å². The lowest BCUT2D eigenvalue weighted by molar-refractivity contribution is 0.0946. The molecule has 0 atom stereocenters. The number of carbonyl (C=O) groups is 1. The summed E-state index contributed by atoms with van der Waals surface area (Å²) in [6.07, 6.45) is 0. The average Bonchev–Trinajstić information content (AvgIpc) is 3.10. The summed E-state index contributed by atoms with van der Waals surface area (Å²) in [6.45, 7) is 4.27. The van der Waals surface area contributed by atoms with Gasteiger partial charge in [-0.25, -0.2) is 9.67 Å². The zero-order chi connectivity index (χ0) is 17.3. The number of nitrogens with zero attached hydrogens (tertiary/aromatic N) is 3. The van der Waals surface area contributed by atoms with Gasteiger partial charge in [0.25, 0.3) is 5.91 Å². The molecule has 24 heavy (non-hydrogen) atoms. The maximum atomic E-state index is 12.4. The Kier molecular flexibility index (Phi) is 5.03. The molecular formula is C16H14BrClN4OS. The molecule has 0 radical (unpaired) electrons. The first-order valence-corrected chi connectivity index (χ1v) is 9.20. The summed E-state index contributed by atoms with van der Waals surface area (Å²) in [6, 6.07) is 7.32. The number of aromatic nitrogens is 3. The van der Waals surface area contributed by atoms with E-state index in [1.165, 1.54) is 0 Å². The summed E-state index contributed by atoms with van der Waals surface area (Å²) in [4.78, 5) is 17.9. The van der Waals surface area contributed by atoms with Crippen LogP contribution in [0, 0.1) is 13.8 Å². The molecule has 0 fully saturated rings. The van der Waals surface area contributed by atoms with Crippen LogP contribution in [-0.2, 0) is 6.54 Å². The first-order valence-electron chi connectivity index (χ1n) is 7.15. The van der Waals surface area contributed by atoms with Gasteiger partial charge in [-0.1, -0.05) is 11.6 Å². The number of hydrogen-bond donors (Lipinski definition) is 1. The van der Waals surface area contributed by atoms with Crippen LogP contribution in [0.4, 0.5) is 0 Å². The molecule has 3 rings (SSSR count). The molecule has 0 aliphatic carbocycles. The van der Waals surface area contributed by atoms with Gasteiger partial charge in [-0.3, -0.25) is 4.79 Å². The Labute approximate surface area is 156 Å². The normalized spacial score (nSPS) is 10.8. The highest BCUT2D eigenvalue weighted by Crippen LogP contribution is 2.20. The highest BCUT2D eigenvalue weighted by Gasteiger charge is 2.15. The van der Waals surface area contributed by atoms with E-state index in [0.29, 0.717) is 17.4 Å². The van der Waals surface area contributed by atoms with Crippen LogP contribution in [0.5, 0.6) is 0 Å². The number of nitrogens with one attached hydrogen (secondary N) is 1. The molecule has 0 spiro atoms. The van der Waals surface area contributed by atoms with E-state index in [2.05, 4.69) is 31.3 Å². The van der Waals surface area contributed by atoms with E-state index in [9.17, 15) is 4.79 Å². The Morgan fingerprint density at radius 1 is 1.38 bits per heavy atom. The van der Waals surface area contributed by atoms with Gasteiger partial charge in [0.2, 0.25) is 0 Å². The van der Waals surface area contributed by atoms with Gasteiger partial charge in [-0.2, -0.15) is 5.10 Å². The highest BCUT2D eigenvalue weighted by atomic mass is 79.9. The molecule has 0 unspecified atom stereocenters. The molecule has 8 heteroatoms. The van der Waals surface area contributed by atoms with Crippen molar-refractivity contribution in [2.45, 2.75) is 20.4 Å². The van der Waals surface area contributed by atoms with E-state index in [4.69, 9.17) is 11.6 Å². The molecule has 0 bridgehead atoms. The first kappa shape index (κ1) is 17.1. The summed E-state index contributed by atoms with van der Waals surface area (Å²) in [7, 11) is 0. The third-order valence-electron chi connectivity index (χ3n) is 3.32. The molecule has 1 amide bonds. The number of pyridine rings is 1. The van der Waals surface area contributed by atoms with Crippen LogP contribution < -0.4 is 5.32 Å². The predicted molar refractivity (Wildman–Crippen MR) is 99.0 cm³/mol. The number of amides is 1. The van der Waals surface area contributed by atoms with Crippen molar-refractivity contribution in [3.8, 4) is 5.82 Å². The van der Waals surface area contributed by atoms with Crippen molar-refractivity contribution in [1.29, 1.82) is 0 Å². The molecule has 3 heterocycles. The van der Waals surface area contributed by atoms with E-state index >= 15 is 0 Å². The van der Waals surface area contributed by atoms with E-state index in [1.807, 2.05) is 31.4 Å². The SMILES string of the molecule is Cc1cc(C)n(-c2ccc(Cl)c(C(=O)NCc3cc(Br)cs3)n2)n1. The lowest BCUT2D eigenvalue weighted by Crippen LogP contribution is -2.24. The number of hydrogen-bond acceptors (Lipinski definition) is 4. The molecule has 5 nitrogen and oxygen atoms in total. The van der Waals surface area contributed by atoms with Crippen LogP contribution in [0.1, 0.15) is 26.8 Å². The minimum Gasteiger partial charge on any atom is -0.346 e. The quantitative estimate of drug-likeness (QED) is 0.678. The molecular weight excluding hydrogens is 412 g/mol. The lowest BCUT2D eigenvalue weighted by atomic mass is 10.3. The second-order valence-electron chi connectivity index (χ2n) is 5.25. The Morgan fingerprint density at radius 2 is 2.17 bits per heavy atom. The van der Waals surface area contributed by atoms with Gasteiger partial charge in [0.1, 0.15) is 5.69 Å². The summed E-state index contributed by atoms with van der Waals surface area (Å²) in [5.74, 6) is 0.252. The molecule has 1 N–H and O–H groups in total. The fourth-order valence-corrected chi connectivity index (χ4v) is 3.85. The highest BCUT2D eigenvalue weighted by molar-refractivity contribution is 9.10. The van der Waals surface area contributed by atoms with Crippen LogP contribution in [0.15, 0.2) is 34.1 Å². The van der Waals surface area contributed by atoms with Crippen molar-refractivity contribution in [1.82, 2.24) is 20.1 Å². The van der Waals surface area contributed by atoms with Gasteiger partial charge < -0.3 is 5.32 Å². The smallest absolute Gasteiger partial charge is 0.271 e. The molecule has 0 aliphatic heterocycles. The minimum absolute atomic E-state index is 0.192. The fourth-order valence-electron chi connectivity index (χ4n) is 2.27. The lowest BCUT2D eigenvalue weighted by Gasteiger charge is -2.08. The van der Waals surface area contributed by atoms with E-state index in [1.54, 1.807) is 28.2 Å². The van der Waals surface area contributed by atoms with Gasteiger partial charge in [0.05, 0.1) is 17.3 Å². The third kappa shape index (κ3) is 3.68. The monoisotopic (exact) mass is 424 g/mol. The van der Waals surface area contributed by atoms with Crippen LogP contribution >= 0.6 is 38.9 Å². The summed E-state index contributed by atoms with van der Waals surface area (Å²) >= 11 is 11.1. The minimum atomic E-state index is -0.312. The number of thiophene rings is 1. The van der Waals surface area contributed by atoms with Gasteiger partial charge in [-0.15, -0.1) is 11.3 Å². The molecule has 3 aromatic heterocycles.